The van der Waals surface area contributed by atoms with Gasteiger partial charge in [-0.2, -0.15) is 0 Å². The van der Waals surface area contributed by atoms with Crippen molar-refractivity contribution in [2.75, 3.05) is 4.90 Å². The number of para-hydroxylation sites is 2. The maximum atomic E-state index is 6.47. The zero-order valence-electron chi connectivity index (χ0n) is 25.4. The van der Waals surface area contributed by atoms with Gasteiger partial charge in [0.15, 0.2) is 0 Å². The van der Waals surface area contributed by atoms with Gasteiger partial charge in [-0.1, -0.05) is 97.1 Å². The molecule has 0 bridgehead atoms. The first-order chi connectivity index (χ1) is 23.3. The number of hydrogen-bond donors (Lipinski definition) is 0. The molecule has 0 N–H and O–H groups in total. The molecule has 0 aliphatic heterocycles. The minimum atomic E-state index is 0.868. The molecule has 3 nitrogen and oxygen atoms in total. The lowest BCUT2D eigenvalue weighted by Gasteiger charge is -2.25. The molecule has 0 amide bonds. The Bertz CT molecular complexity index is 2810. The van der Waals surface area contributed by atoms with Crippen molar-refractivity contribution in [3.63, 3.8) is 0 Å². The number of anilines is 3. The molecule has 0 unspecified atom stereocenters. The van der Waals surface area contributed by atoms with Gasteiger partial charge in [-0.25, -0.2) is 0 Å². The Morgan fingerprint density at radius 2 is 0.979 bits per heavy atom. The second-order valence-electron chi connectivity index (χ2n) is 12.1. The van der Waals surface area contributed by atoms with Crippen LogP contribution in [-0.2, 0) is 0 Å². The van der Waals surface area contributed by atoms with Crippen LogP contribution < -0.4 is 4.90 Å². The van der Waals surface area contributed by atoms with E-state index in [1.54, 1.807) is 0 Å². The molecule has 8 aromatic carbocycles. The summed E-state index contributed by atoms with van der Waals surface area (Å²) in [6, 6.07) is 57.9. The molecule has 0 atom stereocenters. The molecule has 0 radical (unpaired) electrons. The fraction of sp³-hybridized carbons (Fsp3) is 0. The number of nitrogens with zero attached hydrogens (tertiary/aromatic N) is 1. The van der Waals surface area contributed by atoms with Crippen LogP contribution in [-0.4, -0.2) is 0 Å². The van der Waals surface area contributed by atoms with E-state index < -0.39 is 0 Å². The van der Waals surface area contributed by atoms with E-state index >= 15 is 0 Å². The number of fused-ring (bicyclic) bond motifs is 9. The van der Waals surface area contributed by atoms with Crippen molar-refractivity contribution < 1.29 is 8.83 Å². The fourth-order valence-corrected chi connectivity index (χ4v) is 7.25. The highest BCUT2D eigenvalue weighted by atomic mass is 16.3. The highest BCUT2D eigenvalue weighted by molar-refractivity contribution is 6.15. The van der Waals surface area contributed by atoms with E-state index in [9.17, 15) is 0 Å². The first kappa shape index (κ1) is 26.0. The molecular weight excluding hydrogens is 574 g/mol. The molecular formula is C44H27NO2. The van der Waals surface area contributed by atoms with Crippen LogP contribution in [0.2, 0.25) is 0 Å². The van der Waals surface area contributed by atoms with Crippen molar-refractivity contribution in [2.24, 2.45) is 0 Å². The molecule has 3 heteroatoms. The van der Waals surface area contributed by atoms with Gasteiger partial charge in [0.1, 0.15) is 22.3 Å². The third kappa shape index (κ3) is 4.07. The summed E-state index contributed by atoms with van der Waals surface area (Å²) in [6.07, 6.45) is 0. The molecule has 0 fully saturated rings. The summed E-state index contributed by atoms with van der Waals surface area (Å²) in [7, 11) is 0. The minimum absolute atomic E-state index is 0.868. The zero-order chi connectivity index (χ0) is 30.9. The van der Waals surface area contributed by atoms with E-state index in [0.717, 1.165) is 66.5 Å². The third-order valence-corrected chi connectivity index (χ3v) is 9.43. The van der Waals surface area contributed by atoms with E-state index in [0.29, 0.717) is 0 Å². The summed E-state index contributed by atoms with van der Waals surface area (Å²) < 4.78 is 12.6. The van der Waals surface area contributed by atoms with Gasteiger partial charge in [0.25, 0.3) is 0 Å². The number of rotatable bonds is 4. The smallest absolute Gasteiger partial charge is 0.136 e. The predicted octanol–water partition coefficient (Wildman–Crippen LogP) is 12.9. The number of benzene rings is 8. The Labute approximate surface area is 270 Å². The minimum Gasteiger partial charge on any atom is -0.456 e. The molecule has 10 rings (SSSR count). The first-order valence-electron chi connectivity index (χ1n) is 15.9. The lowest BCUT2D eigenvalue weighted by molar-refractivity contribution is 0.668. The largest absolute Gasteiger partial charge is 0.456 e. The van der Waals surface area contributed by atoms with E-state index in [2.05, 4.69) is 157 Å². The van der Waals surface area contributed by atoms with Crippen LogP contribution in [0.5, 0.6) is 0 Å². The summed E-state index contributed by atoms with van der Waals surface area (Å²) in [5.41, 5.74) is 9.04. The van der Waals surface area contributed by atoms with Crippen LogP contribution in [0.25, 0.3) is 76.5 Å². The van der Waals surface area contributed by atoms with Crippen LogP contribution in [0.15, 0.2) is 173 Å². The topological polar surface area (TPSA) is 29.5 Å². The maximum Gasteiger partial charge on any atom is 0.136 e. The summed E-state index contributed by atoms with van der Waals surface area (Å²) in [6.45, 7) is 0. The highest BCUT2D eigenvalue weighted by Crippen LogP contribution is 2.43. The van der Waals surface area contributed by atoms with E-state index in [1.165, 1.54) is 27.1 Å². The van der Waals surface area contributed by atoms with E-state index in [1.807, 2.05) is 12.1 Å². The Kier molecular flexibility index (Phi) is 5.57. The number of furan rings is 2. The van der Waals surface area contributed by atoms with E-state index in [4.69, 9.17) is 8.83 Å². The molecule has 2 heterocycles. The average Bonchev–Trinajstić information content (AvgIpc) is 3.70. The van der Waals surface area contributed by atoms with Crippen molar-refractivity contribution in [2.45, 2.75) is 0 Å². The molecule has 220 valence electrons. The van der Waals surface area contributed by atoms with Gasteiger partial charge in [-0.3, -0.25) is 0 Å². The fourth-order valence-electron chi connectivity index (χ4n) is 7.25. The standard InChI is InChI=1S/C44H27NO2/c1-2-10-31(11-3-1)45(32-20-23-41-38(26-32)37-13-6-7-15-40(37)46-41)33-21-24-42-39(27-33)44-36(14-8-16-43(44)47-42)30-19-22-35-29(25-30)18-17-28-9-4-5-12-34(28)35/h1-27H. The molecule has 2 aromatic heterocycles. The van der Waals surface area contributed by atoms with Gasteiger partial charge in [0, 0.05) is 38.6 Å². The Morgan fingerprint density at radius 3 is 1.85 bits per heavy atom. The summed E-state index contributed by atoms with van der Waals surface area (Å²) in [4.78, 5) is 2.31. The second-order valence-corrected chi connectivity index (χ2v) is 12.1. The summed E-state index contributed by atoms with van der Waals surface area (Å²) in [5, 5.41) is 9.43. The monoisotopic (exact) mass is 601 g/mol. The van der Waals surface area contributed by atoms with Crippen LogP contribution in [0.3, 0.4) is 0 Å². The molecule has 0 saturated heterocycles. The number of hydrogen-bond acceptors (Lipinski definition) is 3. The normalized spacial score (nSPS) is 11.8. The molecule has 10 aromatic rings. The predicted molar refractivity (Wildman–Crippen MR) is 196 cm³/mol. The Morgan fingerprint density at radius 1 is 0.340 bits per heavy atom. The average molecular weight is 602 g/mol. The van der Waals surface area contributed by atoms with Gasteiger partial charge >= 0.3 is 0 Å². The van der Waals surface area contributed by atoms with Crippen molar-refractivity contribution in [3.8, 4) is 11.1 Å². The summed E-state index contributed by atoms with van der Waals surface area (Å²) >= 11 is 0. The molecule has 0 aliphatic carbocycles. The van der Waals surface area contributed by atoms with Gasteiger partial charge in [0.05, 0.1) is 0 Å². The lowest BCUT2D eigenvalue weighted by Crippen LogP contribution is -2.09. The molecule has 0 saturated carbocycles. The van der Waals surface area contributed by atoms with Crippen LogP contribution in [0, 0.1) is 0 Å². The first-order valence-corrected chi connectivity index (χ1v) is 15.9. The van der Waals surface area contributed by atoms with Crippen LogP contribution >= 0.6 is 0 Å². The second kappa shape index (κ2) is 10.1. The van der Waals surface area contributed by atoms with Gasteiger partial charge in [-0.15, -0.1) is 0 Å². The van der Waals surface area contributed by atoms with Crippen LogP contribution in [0.1, 0.15) is 0 Å². The molecule has 0 spiro atoms. The molecule has 47 heavy (non-hydrogen) atoms. The SMILES string of the molecule is c1ccc(N(c2ccc3oc4ccccc4c3c2)c2ccc3oc4cccc(-c5ccc6c(ccc7ccccc76)c5)c4c3c2)cc1. The highest BCUT2D eigenvalue weighted by Gasteiger charge is 2.19. The quantitative estimate of drug-likeness (QED) is 0.188. The van der Waals surface area contributed by atoms with Gasteiger partial charge < -0.3 is 13.7 Å². The van der Waals surface area contributed by atoms with Crippen molar-refractivity contribution >= 4 is 82.5 Å². The van der Waals surface area contributed by atoms with Gasteiger partial charge in [-0.05, 0) is 99.4 Å². The maximum absolute atomic E-state index is 6.47. The van der Waals surface area contributed by atoms with Gasteiger partial charge in [0.2, 0.25) is 0 Å². The Balaban J connectivity index is 1.17. The summed E-state index contributed by atoms with van der Waals surface area (Å²) in [5.74, 6) is 0. The molecule has 0 aliphatic rings. The van der Waals surface area contributed by atoms with Crippen molar-refractivity contribution in [1.29, 1.82) is 0 Å². The van der Waals surface area contributed by atoms with E-state index in [-0.39, 0.29) is 0 Å². The lowest BCUT2D eigenvalue weighted by atomic mass is 9.95. The zero-order valence-corrected chi connectivity index (χ0v) is 25.4. The van der Waals surface area contributed by atoms with Crippen LogP contribution in [0.4, 0.5) is 17.1 Å². The third-order valence-electron chi connectivity index (χ3n) is 9.43. The van der Waals surface area contributed by atoms with Crippen molar-refractivity contribution in [3.05, 3.63) is 164 Å². The Hall–Kier alpha value is -6.32. The van der Waals surface area contributed by atoms with Crippen molar-refractivity contribution in [1.82, 2.24) is 0 Å².